The van der Waals surface area contributed by atoms with Crippen molar-refractivity contribution in [3.63, 3.8) is 0 Å². The van der Waals surface area contributed by atoms with Crippen molar-refractivity contribution in [3.8, 4) is 5.75 Å². The van der Waals surface area contributed by atoms with Gasteiger partial charge >= 0.3 is 0 Å². The molecule has 0 amide bonds. The summed E-state index contributed by atoms with van der Waals surface area (Å²) in [5.74, 6) is 0.107. The summed E-state index contributed by atoms with van der Waals surface area (Å²) in [6.45, 7) is 1.84. The van der Waals surface area contributed by atoms with Crippen LogP contribution in [0.2, 0.25) is 0 Å². The Morgan fingerprint density at radius 3 is 2.69 bits per heavy atom. The summed E-state index contributed by atoms with van der Waals surface area (Å²) in [6, 6.07) is 3.03. The minimum atomic E-state index is -0.733. The van der Waals surface area contributed by atoms with Gasteiger partial charge < -0.3 is 4.74 Å². The lowest BCUT2D eigenvalue weighted by molar-refractivity contribution is 0.394. The van der Waals surface area contributed by atoms with Crippen LogP contribution in [-0.4, -0.2) is 13.2 Å². The van der Waals surface area contributed by atoms with Crippen LogP contribution < -0.4 is 4.74 Å². The summed E-state index contributed by atoms with van der Waals surface area (Å²) in [5, 5.41) is 0. The molecule has 1 aromatic rings. The fourth-order valence-corrected chi connectivity index (χ4v) is 1.98. The molecule has 0 heterocycles. The second kappa shape index (κ2) is 3.72. The highest BCUT2D eigenvalue weighted by molar-refractivity contribution is 5.51. The van der Waals surface area contributed by atoms with E-state index in [4.69, 9.17) is 4.74 Å². The number of methoxy groups -OCH3 is 1. The third-order valence-electron chi connectivity index (χ3n) is 2.96. The van der Waals surface area contributed by atoms with Crippen molar-refractivity contribution in [2.24, 2.45) is 4.99 Å². The molecule has 1 fully saturated rings. The number of carbonyl (C=O) groups excluding carboxylic acids is 1. The number of hydrogen-bond acceptors (Lipinski definition) is 3. The maximum atomic E-state index is 13.8. The largest absolute Gasteiger partial charge is 0.496 e. The Morgan fingerprint density at radius 1 is 1.50 bits per heavy atom. The summed E-state index contributed by atoms with van der Waals surface area (Å²) >= 11 is 0. The molecule has 0 unspecified atom stereocenters. The fraction of sp³-hybridized carbons (Fsp3) is 0.417. The Labute approximate surface area is 93.0 Å². The summed E-state index contributed by atoms with van der Waals surface area (Å²) < 4.78 is 19.0. The summed E-state index contributed by atoms with van der Waals surface area (Å²) in [6.07, 6.45) is 2.85. The lowest BCUT2D eigenvalue weighted by Crippen LogP contribution is -2.09. The lowest BCUT2D eigenvalue weighted by atomic mass is 10.0. The Hall–Kier alpha value is -1.67. The number of aryl methyl sites for hydroxylation is 1. The zero-order valence-corrected chi connectivity index (χ0v) is 9.21. The molecule has 0 atom stereocenters. The van der Waals surface area contributed by atoms with Gasteiger partial charge in [0.1, 0.15) is 17.1 Å². The zero-order valence-electron chi connectivity index (χ0n) is 9.21. The molecule has 2 rings (SSSR count). The fourth-order valence-electron chi connectivity index (χ4n) is 1.98. The highest BCUT2D eigenvalue weighted by atomic mass is 19.1. The number of ether oxygens (including phenoxy) is 1. The molecule has 0 N–H and O–H groups in total. The van der Waals surface area contributed by atoms with Crippen molar-refractivity contribution in [1.29, 1.82) is 0 Å². The van der Waals surface area contributed by atoms with Gasteiger partial charge in [0.05, 0.1) is 12.7 Å². The highest BCUT2D eigenvalue weighted by Gasteiger charge is 2.49. The topological polar surface area (TPSA) is 38.7 Å². The maximum absolute atomic E-state index is 13.8. The maximum Gasteiger partial charge on any atom is 0.235 e. The first-order valence-corrected chi connectivity index (χ1v) is 5.07. The van der Waals surface area contributed by atoms with Gasteiger partial charge in [-0.15, -0.1) is 0 Å². The smallest absolute Gasteiger partial charge is 0.235 e. The van der Waals surface area contributed by atoms with E-state index in [2.05, 4.69) is 4.99 Å². The Balaban J connectivity index is 2.63. The van der Waals surface area contributed by atoms with E-state index < -0.39 is 5.54 Å². The van der Waals surface area contributed by atoms with E-state index in [-0.39, 0.29) is 5.82 Å². The molecule has 1 aliphatic rings. The minimum Gasteiger partial charge on any atom is -0.496 e. The Morgan fingerprint density at radius 2 is 2.19 bits per heavy atom. The monoisotopic (exact) mass is 221 g/mol. The van der Waals surface area contributed by atoms with Crippen LogP contribution in [0.1, 0.15) is 24.0 Å². The minimum absolute atomic E-state index is 0.376. The zero-order chi connectivity index (χ0) is 11.8. The van der Waals surface area contributed by atoms with Gasteiger partial charge in [-0.2, -0.15) is 4.99 Å². The van der Waals surface area contributed by atoms with Gasteiger partial charge in [0.2, 0.25) is 6.08 Å². The number of isocyanates is 1. The average Bonchev–Trinajstić information content (AvgIpc) is 3.02. The van der Waals surface area contributed by atoms with Crippen molar-refractivity contribution in [1.82, 2.24) is 0 Å². The number of halogens is 1. The third-order valence-corrected chi connectivity index (χ3v) is 2.96. The first-order valence-electron chi connectivity index (χ1n) is 5.07. The Bertz CT molecular complexity index is 474. The van der Waals surface area contributed by atoms with Crippen LogP contribution in [0.5, 0.6) is 5.75 Å². The predicted molar refractivity (Wildman–Crippen MR) is 56.7 cm³/mol. The van der Waals surface area contributed by atoms with Gasteiger partial charge in [0.15, 0.2) is 0 Å². The second-order valence-electron chi connectivity index (χ2n) is 4.01. The van der Waals surface area contributed by atoms with Gasteiger partial charge in [0, 0.05) is 0 Å². The van der Waals surface area contributed by atoms with E-state index in [9.17, 15) is 9.18 Å². The first-order chi connectivity index (χ1) is 7.64. The molecule has 3 nitrogen and oxygen atoms in total. The van der Waals surface area contributed by atoms with Crippen LogP contribution in [0, 0.1) is 12.7 Å². The van der Waals surface area contributed by atoms with Crippen molar-refractivity contribution >= 4 is 6.08 Å². The summed E-state index contributed by atoms with van der Waals surface area (Å²) in [4.78, 5) is 14.1. The van der Waals surface area contributed by atoms with Gasteiger partial charge in [-0.25, -0.2) is 9.18 Å². The normalized spacial score (nSPS) is 16.4. The van der Waals surface area contributed by atoms with Crippen LogP contribution >= 0.6 is 0 Å². The molecule has 0 aliphatic heterocycles. The number of aliphatic imine (C=N–C) groups is 1. The van der Waals surface area contributed by atoms with Crippen molar-refractivity contribution in [3.05, 3.63) is 29.1 Å². The lowest BCUT2D eigenvalue weighted by Gasteiger charge is -2.16. The number of benzene rings is 1. The van der Waals surface area contributed by atoms with E-state index in [1.54, 1.807) is 6.07 Å². The van der Waals surface area contributed by atoms with Gasteiger partial charge in [-0.1, -0.05) is 6.07 Å². The van der Waals surface area contributed by atoms with Crippen molar-refractivity contribution in [2.45, 2.75) is 25.3 Å². The van der Waals surface area contributed by atoms with E-state index in [1.807, 2.05) is 6.92 Å². The number of nitrogens with zero attached hydrogens (tertiary/aromatic N) is 1. The van der Waals surface area contributed by atoms with Crippen molar-refractivity contribution in [2.75, 3.05) is 7.11 Å². The standard InChI is InChI=1S/C12H12FNO2/c1-8-3-4-9(13)10(11(8)16-2)12(5-6-12)14-7-15/h3-4H,5-6H2,1-2H3. The van der Waals surface area contributed by atoms with E-state index in [0.29, 0.717) is 24.2 Å². The number of hydrogen-bond donors (Lipinski definition) is 0. The van der Waals surface area contributed by atoms with Gasteiger partial charge in [-0.05, 0) is 31.4 Å². The molecule has 16 heavy (non-hydrogen) atoms. The van der Waals surface area contributed by atoms with Crippen LogP contribution in [0.25, 0.3) is 0 Å². The van der Waals surface area contributed by atoms with Crippen molar-refractivity contribution < 1.29 is 13.9 Å². The van der Waals surface area contributed by atoms with Gasteiger partial charge in [-0.3, -0.25) is 0 Å². The first kappa shape index (κ1) is 10.8. The summed E-state index contributed by atoms with van der Waals surface area (Å²) in [7, 11) is 1.49. The average molecular weight is 221 g/mol. The molecule has 1 aliphatic carbocycles. The Kier molecular flexibility index (Phi) is 2.52. The quantitative estimate of drug-likeness (QED) is 0.581. The molecular formula is C12H12FNO2. The van der Waals surface area contributed by atoms with E-state index >= 15 is 0 Å². The van der Waals surface area contributed by atoms with Gasteiger partial charge in [0.25, 0.3) is 0 Å². The molecule has 0 radical (unpaired) electrons. The molecule has 0 bridgehead atoms. The van der Waals surface area contributed by atoms with E-state index in [1.165, 1.54) is 19.3 Å². The number of rotatable bonds is 3. The third kappa shape index (κ3) is 1.51. The predicted octanol–water partition coefficient (Wildman–Crippen LogP) is 2.47. The second-order valence-corrected chi connectivity index (χ2v) is 4.01. The molecule has 84 valence electrons. The molecular weight excluding hydrogens is 209 g/mol. The molecule has 4 heteroatoms. The van der Waals surface area contributed by atoms with E-state index in [0.717, 1.165) is 5.56 Å². The van der Waals surface area contributed by atoms with Crippen LogP contribution in [0.4, 0.5) is 4.39 Å². The molecule has 0 aromatic heterocycles. The summed E-state index contributed by atoms with van der Waals surface area (Å²) in [5.41, 5.74) is 0.494. The molecule has 1 saturated carbocycles. The van der Waals surface area contributed by atoms with Crippen LogP contribution in [0.3, 0.4) is 0 Å². The molecule has 0 saturated heterocycles. The van der Waals surface area contributed by atoms with Crippen LogP contribution in [-0.2, 0) is 10.3 Å². The van der Waals surface area contributed by atoms with Crippen LogP contribution in [0.15, 0.2) is 17.1 Å². The highest BCUT2D eigenvalue weighted by Crippen LogP contribution is 2.53. The molecule has 1 aromatic carbocycles. The SMILES string of the molecule is COc1c(C)ccc(F)c1C1(N=C=O)CC1. The molecule has 0 spiro atoms.